The molecule has 0 N–H and O–H groups in total. The van der Waals surface area contributed by atoms with Crippen LogP contribution in [0.15, 0.2) is 0 Å². The van der Waals surface area contributed by atoms with Crippen molar-refractivity contribution in [2.45, 2.75) is 64.7 Å². The Kier molecular flexibility index (Phi) is 8.74. The van der Waals surface area contributed by atoms with Gasteiger partial charge in [0.15, 0.2) is 0 Å². The Morgan fingerprint density at radius 1 is 1.11 bits per heavy atom. The van der Waals surface area contributed by atoms with Crippen molar-refractivity contribution in [2.24, 2.45) is 5.92 Å². The number of hydrogen-bond acceptors (Lipinski definition) is 1. The van der Waals surface area contributed by atoms with Crippen molar-refractivity contribution in [1.82, 2.24) is 4.90 Å². The van der Waals surface area contributed by atoms with Gasteiger partial charge in [-0.25, -0.2) is 0 Å². The predicted octanol–water partition coefficient (Wildman–Crippen LogP) is 4.37. The van der Waals surface area contributed by atoms with Crippen LogP contribution < -0.4 is 0 Å². The van der Waals surface area contributed by atoms with Crippen LogP contribution >= 0.6 is 15.9 Å². The van der Waals surface area contributed by atoms with Crippen molar-refractivity contribution < 1.29 is 4.79 Å². The van der Waals surface area contributed by atoms with Crippen LogP contribution in [0.5, 0.6) is 0 Å². The van der Waals surface area contributed by atoms with E-state index in [9.17, 15) is 4.79 Å². The smallest absolute Gasteiger partial charge is 0.222 e. The molecule has 18 heavy (non-hydrogen) atoms. The number of rotatable bonds is 10. The highest BCUT2D eigenvalue weighted by molar-refractivity contribution is 9.09. The molecule has 0 aromatic heterocycles. The number of likely N-dealkylation sites (tertiary alicyclic amines) is 1. The molecule has 0 aliphatic carbocycles. The van der Waals surface area contributed by atoms with Gasteiger partial charge in [-0.15, -0.1) is 0 Å². The van der Waals surface area contributed by atoms with Crippen LogP contribution in [-0.2, 0) is 4.79 Å². The summed E-state index contributed by atoms with van der Waals surface area (Å²) in [5.41, 5.74) is 0. The SMILES string of the molecule is CCC1CC(=O)N(CCCCCCCCCBr)C1. The molecule has 1 unspecified atom stereocenters. The summed E-state index contributed by atoms with van der Waals surface area (Å²) in [6.45, 7) is 4.20. The summed E-state index contributed by atoms with van der Waals surface area (Å²) in [7, 11) is 0. The van der Waals surface area contributed by atoms with Gasteiger partial charge < -0.3 is 4.90 Å². The maximum absolute atomic E-state index is 11.7. The Bertz CT molecular complexity index is 233. The molecule has 0 aromatic rings. The lowest BCUT2D eigenvalue weighted by Crippen LogP contribution is -2.26. The van der Waals surface area contributed by atoms with E-state index in [4.69, 9.17) is 0 Å². The first-order valence-electron chi connectivity index (χ1n) is 7.61. The van der Waals surface area contributed by atoms with E-state index in [2.05, 4.69) is 27.8 Å². The number of unbranched alkanes of at least 4 members (excludes halogenated alkanes) is 6. The van der Waals surface area contributed by atoms with Gasteiger partial charge in [0.25, 0.3) is 0 Å². The molecule has 0 bridgehead atoms. The van der Waals surface area contributed by atoms with E-state index < -0.39 is 0 Å². The van der Waals surface area contributed by atoms with Gasteiger partial charge in [-0.2, -0.15) is 0 Å². The quantitative estimate of drug-likeness (QED) is 0.433. The third-order valence-corrected chi connectivity index (χ3v) is 4.49. The van der Waals surface area contributed by atoms with E-state index in [0.717, 1.165) is 31.3 Å². The van der Waals surface area contributed by atoms with Gasteiger partial charge in [-0.1, -0.05) is 61.4 Å². The lowest BCUT2D eigenvalue weighted by molar-refractivity contribution is -0.127. The molecule has 1 fully saturated rings. The molecular weight excluding hydrogens is 290 g/mol. The minimum absolute atomic E-state index is 0.388. The number of halogens is 1. The van der Waals surface area contributed by atoms with Crippen LogP contribution in [0.4, 0.5) is 0 Å². The second-order valence-corrected chi connectivity index (χ2v) is 6.28. The second kappa shape index (κ2) is 9.82. The minimum atomic E-state index is 0.388. The van der Waals surface area contributed by atoms with E-state index in [0.29, 0.717) is 11.8 Å². The zero-order valence-electron chi connectivity index (χ0n) is 11.8. The summed E-state index contributed by atoms with van der Waals surface area (Å²) < 4.78 is 0. The zero-order valence-corrected chi connectivity index (χ0v) is 13.4. The van der Waals surface area contributed by atoms with Crippen molar-refractivity contribution in [3.05, 3.63) is 0 Å². The molecule has 0 aromatic carbocycles. The number of nitrogens with zero attached hydrogens (tertiary/aromatic N) is 1. The molecule has 1 aliphatic heterocycles. The molecule has 1 heterocycles. The molecule has 0 spiro atoms. The van der Waals surface area contributed by atoms with Crippen molar-refractivity contribution in [1.29, 1.82) is 0 Å². The number of alkyl halides is 1. The lowest BCUT2D eigenvalue weighted by Gasteiger charge is -2.16. The van der Waals surface area contributed by atoms with E-state index in [-0.39, 0.29) is 0 Å². The van der Waals surface area contributed by atoms with Crippen LogP contribution in [0, 0.1) is 5.92 Å². The number of carbonyl (C=O) groups is 1. The van der Waals surface area contributed by atoms with E-state index in [1.54, 1.807) is 0 Å². The zero-order chi connectivity index (χ0) is 13.2. The Labute approximate surface area is 121 Å². The molecule has 0 saturated carbocycles. The van der Waals surface area contributed by atoms with Crippen molar-refractivity contribution in [3.8, 4) is 0 Å². The molecule has 1 rings (SSSR count). The molecule has 1 atom stereocenters. The maximum Gasteiger partial charge on any atom is 0.222 e. The molecular formula is C15H28BrNO. The van der Waals surface area contributed by atoms with Crippen LogP contribution in [0.3, 0.4) is 0 Å². The summed E-state index contributed by atoms with van der Waals surface area (Å²) in [4.78, 5) is 13.8. The van der Waals surface area contributed by atoms with Crippen LogP contribution in [0.1, 0.15) is 64.7 Å². The van der Waals surface area contributed by atoms with Crippen LogP contribution in [0.25, 0.3) is 0 Å². The first-order valence-corrected chi connectivity index (χ1v) is 8.73. The van der Waals surface area contributed by atoms with Crippen LogP contribution in [0.2, 0.25) is 0 Å². The number of carbonyl (C=O) groups excluding carboxylic acids is 1. The Morgan fingerprint density at radius 3 is 2.28 bits per heavy atom. The fourth-order valence-electron chi connectivity index (χ4n) is 2.62. The fraction of sp³-hybridized carbons (Fsp3) is 0.933. The van der Waals surface area contributed by atoms with Gasteiger partial charge in [0.05, 0.1) is 0 Å². The topological polar surface area (TPSA) is 20.3 Å². The average molecular weight is 318 g/mol. The first kappa shape index (κ1) is 16.0. The molecule has 1 saturated heterocycles. The number of amides is 1. The van der Waals surface area contributed by atoms with Crippen molar-refractivity contribution in [3.63, 3.8) is 0 Å². The summed E-state index contributed by atoms with van der Waals surface area (Å²) in [5, 5.41) is 1.14. The third-order valence-electron chi connectivity index (χ3n) is 3.93. The molecule has 3 heteroatoms. The van der Waals surface area contributed by atoms with Gasteiger partial charge >= 0.3 is 0 Å². The first-order chi connectivity index (χ1) is 8.77. The Balaban J connectivity index is 1.93. The molecule has 1 amide bonds. The van der Waals surface area contributed by atoms with Crippen LogP contribution in [-0.4, -0.2) is 29.2 Å². The average Bonchev–Trinajstić information content (AvgIpc) is 2.73. The lowest BCUT2D eigenvalue weighted by atomic mass is 10.1. The summed E-state index contributed by atoms with van der Waals surface area (Å²) in [6, 6.07) is 0. The molecule has 106 valence electrons. The second-order valence-electron chi connectivity index (χ2n) is 5.48. The van der Waals surface area contributed by atoms with Gasteiger partial charge in [0.2, 0.25) is 5.91 Å². The normalized spacial score (nSPS) is 19.8. The highest BCUT2D eigenvalue weighted by Crippen LogP contribution is 2.21. The summed E-state index contributed by atoms with van der Waals surface area (Å²) >= 11 is 3.46. The van der Waals surface area contributed by atoms with E-state index >= 15 is 0 Å². The predicted molar refractivity (Wildman–Crippen MR) is 81.1 cm³/mol. The van der Waals surface area contributed by atoms with Gasteiger partial charge in [-0.3, -0.25) is 4.79 Å². The van der Waals surface area contributed by atoms with E-state index in [1.165, 1.54) is 44.9 Å². The monoisotopic (exact) mass is 317 g/mol. The van der Waals surface area contributed by atoms with Gasteiger partial charge in [0, 0.05) is 24.8 Å². The van der Waals surface area contributed by atoms with E-state index in [1.807, 2.05) is 0 Å². The molecule has 0 radical (unpaired) electrons. The summed E-state index contributed by atoms with van der Waals surface area (Å²) in [6.07, 6.45) is 11.1. The highest BCUT2D eigenvalue weighted by Gasteiger charge is 2.27. The maximum atomic E-state index is 11.7. The van der Waals surface area contributed by atoms with Crippen molar-refractivity contribution >= 4 is 21.8 Å². The van der Waals surface area contributed by atoms with Gasteiger partial charge in [-0.05, 0) is 18.8 Å². The third kappa shape index (κ3) is 6.21. The summed E-state index contributed by atoms with van der Waals surface area (Å²) in [5.74, 6) is 1.01. The Hall–Kier alpha value is -0.0500. The number of hydrogen-bond donors (Lipinski definition) is 0. The highest BCUT2D eigenvalue weighted by atomic mass is 79.9. The minimum Gasteiger partial charge on any atom is -0.342 e. The Morgan fingerprint density at radius 2 is 1.72 bits per heavy atom. The standard InChI is InChI=1S/C15H28BrNO/c1-2-14-12-15(18)17(13-14)11-9-7-5-3-4-6-8-10-16/h14H,2-13H2,1H3. The molecule has 2 nitrogen and oxygen atoms in total. The van der Waals surface area contributed by atoms with Crippen molar-refractivity contribution in [2.75, 3.05) is 18.4 Å². The van der Waals surface area contributed by atoms with Gasteiger partial charge in [0.1, 0.15) is 0 Å². The fourth-order valence-corrected chi connectivity index (χ4v) is 3.02. The largest absolute Gasteiger partial charge is 0.342 e. The molecule has 1 aliphatic rings.